The van der Waals surface area contributed by atoms with Crippen molar-refractivity contribution in [3.63, 3.8) is 0 Å². The molecular formula is C23H35N5O2. The number of carbonyl (C=O) groups is 1. The first-order chi connectivity index (χ1) is 14.7. The molecule has 0 saturated carbocycles. The van der Waals surface area contributed by atoms with Gasteiger partial charge >= 0.3 is 0 Å². The molecule has 0 N–H and O–H groups in total. The monoisotopic (exact) mass is 413 g/mol. The van der Waals surface area contributed by atoms with Crippen LogP contribution < -0.4 is 4.90 Å². The zero-order valence-electron chi connectivity index (χ0n) is 18.3. The van der Waals surface area contributed by atoms with Gasteiger partial charge in [0.2, 0.25) is 11.9 Å². The number of amides is 1. The summed E-state index contributed by atoms with van der Waals surface area (Å²) in [5, 5.41) is 0. The molecule has 0 bridgehead atoms. The maximum Gasteiger partial charge on any atom is 0.231 e. The first-order valence-electron chi connectivity index (χ1n) is 11.8. The van der Waals surface area contributed by atoms with E-state index >= 15 is 0 Å². The van der Waals surface area contributed by atoms with Gasteiger partial charge in [-0.15, -0.1) is 0 Å². The van der Waals surface area contributed by atoms with Gasteiger partial charge in [-0.2, -0.15) is 0 Å². The Balaban J connectivity index is 1.36. The third-order valence-electron chi connectivity index (χ3n) is 8.36. The average Bonchev–Trinajstić information content (AvgIpc) is 3.29. The third kappa shape index (κ3) is 3.30. The first kappa shape index (κ1) is 20.2. The Morgan fingerprint density at radius 2 is 1.80 bits per heavy atom. The minimum Gasteiger partial charge on any atom is -0.381 e. The van der Waals surface area contributed by atoms with Crippen molar-refractivity contribution in [3.8, 4) is 0 Å². The van der Waals surface area contributed by atoms with Gasteiger partial charge in [0.15, 0.2) is 0 Å². The predicted octanol–water partition coefficient (Wildman–Crippen LogP) is 2.04. The number of fused-ring (bicyclic) bond motifs is 1. The standard InChI is InChI=1S/C23H35N5O2/c1-2-27-13-8-23(20(27)29)18-28(21-24-9-3-10-25-21)17-22(23)6-11-26(12-7-22)16-19-4-14-30-15-5-19/h3,9-10,19H,2,4-8,11-18H2,1H3. The molecule has 1 aromatic rings. The molecule has 1 unspecified atom stereocenters. The van der Waals surface area contributed by atoms with Crippen molar-refractivity contribution in [2.45, 2.75) is 39.0 Å². The molecule has 1 amide bonds. The van der Waals surface area contributed by atoms with Crippen LogP contribution in [0.15, 0.2) is 18.5 Å². The Hall–Kier alpha value is -1.73. The highest BCUT2D eigenvalue weighted by molar-refractivity contribution is 5.87. The number of anilines is 1. The lowest BCUT2D eigenvalue weighted by Gasteiger charge is -2.47. The quantitative estimate of drug-likeness (QED) is 0.753. The number of hydrogen-bond donors (Lipinski definition) is 0. The Labute approximate surface area is 179 Å². The van der Waals surface area contributed by atoms with Crippen molar-refractivity contribution in [2.24, 2.45) is 16.7 Å². The molecule has 30 heavy (non-hydrogen) atoms. The summed E-state index contributed by atoms with van der Waals surface area (Å²) < 4.78 is 5.54. The molecule has 4 aliphatic heterocycles. The van der Waals surface area contributed by atoms with Crippen LogP contribution in [0.4, 0.5) is 5.95 Å². The summed E-state index contributed by atoms with van der Waals surface area (Å²) in [6.07, 6.45) is 9.18. The maximum atomic E-state index is 13.6. The summed E-state index contributed by atoms with van der Waals surface area (Å²) in [6.45, 7) is 10.7. The van der Waals surface area contributed by atoms with Crippen LogP contribution in [0.3, 0.4) is 0 Å². The van der Waals surface area contributed by atoms with Crippen LogP contribution in [0.25, 0.3) is 0 Å². The van der Waals surface area contributed by atoms with E-state index in [0.717, 1.165) is 83.6 Å². The topological polar surface area (TPSA) is 61.8 Å². The summed E-state index contributed by atoms with van der Waals surface area (Å²) >= 11 is 0. The number of rotatable bonds is 4. The van der Waals surface area contributed by atoms with Crippen molar-refractivity contribution >= 4 is 11.9 Å². The minimum atomic E-state index is -0.271. The van der Waals surface area contributed by atoms with E-state index in [2.05, 4.69) is 31.6 Å². The molecule has 7 nitrogen and oxygen atoms in total. The van der Waals surface area contributed by atoms with Crippen LogP contribution in [0.5, 0.6) is 0 Å². The first-order valence-corrected chi connectivity index (χ1v) is 11.8. The molecule has 5 heterocycles. The SMILES string of the molecule is CCN1CCC2(CN(c3ncccn3)CC23CCN(CC2CCOCC2)CC3)C1=O. The largest absolute Gasteiger partial charge is 0.381 e. The summed E-state index contributed by atoms with van der Waals surface area (Å²) in [4.78, 5) is 29.7. The second kappa shape index (κ2) is 8.08. The zero-order valence-corrected chi connectivity index (χ0v) is 18.3. The van der Waals surface area contributed by atoms with E-state index < -0.39 is 0 Å². The van der Waals surface area contributed by atoms with Crippen LogP contribution >= 0.6 is 0 Å². The van der Waals surface area contributed by atoms with E-state index in [1.165, 1.54) is 19.4 Å². The van der Waals surface area contributed by atoms with Crippen molar-refractivity contribution in [1.29, 1.82) is 0 Å². The van der Waals surface area contributed by atoms with E-state index in [1.54, 1.807) is 0 Å². The van der Waals surface area contributed by atoms with Crippen molar-refractivity contribution in [1.82, 2.24) is 19.8 Å². The van der Waals surface area contributed by atoms with E-state index in [-0.39, 0.29) is 10.8 Å². The van der Waals surface area contributed by atoms with Gasteiger partial charge in [0, 0.05) is 63.7 Å². The Morgan fingerprint density at radius 1 is 1.07 bits per heavy atom. The lowest BCUT2D eigenvalue weighted by atomic mass is 9.60. The highest BCUT2D eigenvalue weighted by atomic mass is 16.5. The van der Waals surface area contributed by atoms with Crippen molar-refractivity contribution in [2.75, 3.05) is 63.9 Å². The molecule has 0 radical (unpaired) electrons. The van der Waals surface area contributed by atoms with E-state index in [0.29, 0.717) is 5.91 Å². The summed E-state index contributed by atoms with van der Waals surface area (Å²) in [5.41, 5.74) is -0.230. The smallest absolute Gasteiger partial charge is 0.231 e. The second-order valence-corrected chi connectivity index (χ2v) is 9.76. The molecule has 1 aromatic heterocycles. The molecule has 4 aliphatic rings. The molecule has 1 atom stereocenters. The molecular weight excluding hydrogens is 378 g/mol. The highest BCUT2D eigenvalue weighted by Gasteiger charge is 2.65. The van der Waals surface area contributed by atoms with Gasteiger partial charge in [-0.3, -0.25) is 4.79 Å². The number of carbonyl (C=O) groups excluding carboxylic acids is 1. The minimum absolute atomic E-state index is 0.0411. The maximum absolute atomic E-state index is 13.6. The summed E-state index contributed by atoms with van der Waals surface area (Å²) in [7, 11) is 0. The van der Waals surface area contributed by atoms with Crippen molar-refractivity contribution in [3.05, 3.63) is 18.5 Å². The fraction of sp³-hybridized carbons (Fsp3) is 0.783. The Morgan fingerprint density at radius 3 is 2.47 bits per heavy atom. The normalized spacial score (nSPS) is 30.1. The lowest BCUT2D eigenvalue weighted by Crippen LogP contribution is -2.53. The molecule has 7 heteroatoms. The molecule has 164 valence electrons. The zero-order chi connectivity index (χ0) is 20.6. The summed E-state index contributed by atoms with van der Waals surface area (Å²) in [5.74, 6) is 1.92. The average molecular weight is 414 g/mol. The predicted molar refractivity (Wildman–Crippen MR) is 115 cm³/mol. The number of piperidine rings is 1. The van der Waals surface area contributed by atoms with Gasteiger partial charge in [-0.25, -0.2) is 9.97 Å². The van der Waals surface area contributed by atoms with Crippen LogP contribution in [0.1, 0.15) is 39.0 Å². The van der Waals surface area contributed by atoms with Crippen LogP contribution in [0, 0.1) is 16.7 Å². The van der Waals surface area contributed by atoms with Gasteiger partial charge in [0.1, 0.15) is 0 Å². The van der Waals surface area contributed by atoms with Gasteiger partial charge in [-0.05, 0) is 64.1 Å². The Bertz CT molecular complexity index is 745. The number of nitrogens with zero attached hydrogens (tertiary/aromatic N) is 5. The van der Waals surface area contributed by atoms with Crippen LogP contribution in [-0.4, -0.2) is 84.7 Å². The fourth-order valence-corrected chi connectivity index (χ4v) is 6.53. The number of hydrogen-bond acceptors (Lipinski definition) is 6. The van der Waals surface area contributed by atoms with E-state index in [1.807, 2.05) is 18.5 Å². The summed E-state index contributed by atoms with van der Waals surface area (Å²) in [6, 6.07) is 1.86. The molecule has 4 saturated heterocycles. The van der Waals surface area contributed by atoms with Gasteiger partial charge in [0.25, 0.3) is 0 Å². The highest BCUT2D eigenvalue weighted by Crippen LogP contribution is 2.58. The van der Waals surface area contributed by atoms with E-state index in [4.69, 9.17) is 4.74 Å². The number of ether oxygens (including phenoxy) is 1. The Kier molecular flexibility index (Phi) is 5.44. The van der Waals surface area contributed by atoms with Gasteiger partial charge in [0.05, 0.1) is 5.41 Å². The second-order valence-electron chi connectivity index (χ2n) is 9.76. The molecule has 5 rings (SSSR count). The molecule has 0 aliphatic carbocycles. The van der Waals surface area contributed by atoms with Gasteiger partial charge < -0.3 is 19.4 Å². The van der Waals surface area contributed by atoms with E-state index in [9.17, 15) is 4.79 Å². The fourth-order valence-electron chi connectivity index (χ4n) is 6.53. The van der Waals surface area contributed by atoms with Crippen molar-refractivity contribution < 1.29 is 9.53 Å². The molecule has 4 fully saturated rings. The number of aromatic nitrogens is 2. The third-order valence-corrected chi connectivity index (χ3v) is 8.36. The van der Waals surface area contributed by atoms with Gasteiger partial charge in [-0.1, -0.05) is 0 Å². The van der Waals surface area contributed by atoms with Crippen LogP contribution in [0.2, 0.25) is 0 Å². The molecule has 0 aromatic carbocycles. The van der Waals surface area contributed by atoms with Crippen LogP contribution in [-0.2, 0) is 9.53 Å². The molecule has 2 spiro atoms. The number of likely N-dealkylation sites (tertiary alicyclic amines) is 2. The lowest BCUT2D eigenvalue weighted by molar-refractivity contribution is -0.142.